The molecular formula is C34H33N5O2. The summed E-state index contributed by atoms with van der Waals surface area (Å²) in [5, 5.41) is 16.3. The van der Waals surface area contributed by atoms with Crippen LogP contribution >= 0.6 is 0 Å². The lowest BCUT2D eigenvalue weighted by Gasteiger charge is -2.44. The number of fused-ring (bicyclic) bond motifs is 3. The normalized spacial score (nSPS) is 16.0. The Balaban J connectivity index is 1.53. The van der Waals surface area contributed by atoms with Gasteiger partial charge in [0.25, 0.3) is 0 Å². The second-order valence-corrected chi connectivity index (χ2v) is 10.4. The number of hydrogen-bond donors (Lipinski definition) is 1. The van der Waals surface area contributed by atoms with Crippen molar-refractivity contribution in [2.45, 2.75) is 50.7 Å². The second-order valence-electron chi connectivity index (χ2n) is 10.4. The van der Waals surface area contributed by atoms with Gasteiger partial charge in [0.2, 0.25) is 0 Å². The fraction of sp³-hybridized carbons (Fsp3) is 0.265. The van der Waals surface area contributed by atoms with Crippen LogP contribution in [0.1, 0.15) is 64.6 Å². The van der Waals surface area contributed by atoms with E-state index in [1.807, 2.05) is 25.1 Å². The first kappa shape index (κ1) is 26.5. The van der Waals surface area contributed by atoms with Gasteiger partial charge in [0.1, 0.15) is 11.2 Å². The molecule has 2 aliphatic rings. The number of esters is 1. The molecule has 2 heterocycles. The molecule has 4 aromatic rings. The highest BCUT2D eigenvalue weighted by atomic mass is 16.5. The zero-order valence-corrected chi connectivity index (χ0v) is 23.2. The van der Waals surface area contributed by atoms with Gasteiger partial charge in [-0.3, -0.25) is 9.69 Å². The van der Waals surface area contributed by atoms with Gasteiger partial charge >= 0.3 is 5.97 Å². The van der Waals surface area contributed by atoms with E-state index in [0.29, 0.717) is 38.1 Å². The zero-order chi connectivity index (χ0) is 28.2. The SMILES string of the molecule is CCOC(=O)c1c2c(nn1CCCC#N)C1=CN(C(c3ccccc3)(c3ccccc3)c3ccccc3)NC1CC2. The predicted molar refractivity (Wildman–Crippen MR) is 157 cm³/mol. The topological polar surface area (TPSA) is 83.2 Å². The fourth-order valence-corrected chi connectivity index (χ4v) is 6.25. The van der Waals surface area contributed by atoms with Crippen molar-refractivity contribution in [2.75, 3.05) is 6.61 Å². The van der Waals surface area contributed by atoms with Crippen molar-refractivity contribution in [3.63, 3.8) is 0 Å². The quantitative estimate of drug-likeness (QED) is 0.162. The molecule has 7 heteroatoms. The number of nitriles is 1. The molecule has 0 amide bonds. The minimum absolute atomic E-state index is 0.0375. The highest BCUT2D eigenvalue weighted by Crippen LogP contribution is 2.46. The van der Waals surface area contributed by atoms with E-state index in [1.165, 1.54) is 0 Å². The van der Waals surface area contributed by atoms with Crippen molar-refractivity contribution in [3.05, 3.63) is 131 Å². The van der Waals surface area contributed by atoms with Crippen molar-refractivity contribution in [1.29, 1.82) is 5.26 Å². The number of nitrogens with zero attached hydrogens (tertiary/aromatic N) is 4. The lowest BCUT2D eigenvalue weighted by molar-refractivity contribution is 0.0510. The molecule has 1 unspecified atom stereocenters. The monoisotopic (exact) mass is 543 g/mol. The van der Waals surface area contributed by atoms with Crippen LogP contribution in [-0.4, -0.2) is 33.4 Å². The van der Waals surface area contributed by atoms with Gasteiger partial charge in [0.05, 0.1) is 24.4 Å². The zero-order valence-electron chi connectivity index (χ0n) is 23.2. The van der Waals surface area contributed by atoms with E-state index in [9.17, 15) is 4.79 Å². The van der Waals surface area contributed by atoms with Crippen molar-refractivity contribution in [2.24, 2.45) is 0 Å². The van der Waals surface area contributed by atoms with E-state index in [2.05, 4.69) is 95.5 Å². The summed E-state index contributed by atoms with van der Waals surface area (Å²) in [6.45, 7) is 2.60. The summed E-state index contributed by atoms with van der Waals surface area (Å²) in [6, 6.07) is 33.9. The number of unbranched alkanes of at least 4 members (excludes halogenated alkanes) is 1. The first-order valence-electron chi connectivity index (χ1n) is 14.3. The van der Waals surface area contributed by atoms with Crippen LogP contribution < -0.4 is 5.43 Å². The number of aromatic nitrogens is 2. The molecule has 0 bridgehead atoms. The van der Waals surface area contributed by atoms with Crippen molar-refractivity contribution in [3.8, 4) is 6.07 Å². The first-order chi connectivity index (χ1) is 20.2. The Kier molecular flexibility index (Phi) is 7.41. The Morgan fingerprint density at radius 2 is 1.59 bits per heavy atom. The van der Waals surface area contributed by atoms with Gasteiger partial charge in [-0.15, -0.1) is 0 Å². The van der Waals surface area contributed by atoms with Crippen molar-refractivity contribution >= 4 is 11.5 Å². The minimum Gasteiger partial charge on any atom is -0.461 e. The maximum Gasteiger partial charge on any atom is 0.356 e. The van der Waals surface area contributed by atoms with Gasteiger partial charge < -0.3 is 4.74 Å². The summed E-state index contributed by atoms with van der Waals surface area (Å²) in [5.41, 5.74) is 9.91. The Morgan fingerprint density at radius 1 is 1.00 bits per heavy atom. The number of carbonyl (C=O) groups excluding carboxylic acids is 1. The van der Waals surface area contributed by atoms with E-state index in [1.54, 1.807) is 4.68 Å². The molecule has 6 rings (SSSR count). The van der Waals surface area contributed by atoms with Crippen LogP contribution in [0.5, 0.6) is 0 Å². The van der Waals surface area contributed by atoms with E-state index in [4.69, 9.17) is 15.1 Å². The first-order valence-corrected chi connectivity index (χ1v) is 14.3. The third-order valence-corrected chi connectivity index (χ3v) is 8.01. The minimum atomic E-state index is -0.659. The molecule has 0 saturated carbocycles. The number of hydrazine groups is 1. The molecule has 1 aliphatic carbocycles. The van der Waals surface area contributed by atoms with Gasteiger partial charge in [-0.1, -0.05) is 91.0 Å². The van der Waals surface area contributed by atoms with Crippen LogP contribution in [0.15, 0.2) is 97.2 Å². The Labute approximate surface area is 240 Å². The lowest BCUT2D eigenvalue weighted by Crippen LogP contribution is -2.52. The van der Waals surface area contributed by atoms with Crippen LogP contribution in [0.2, 0.25) is 0 Å². The largest absolute Gasteiger partial charge is 0.461 e. The molecule has 0 spiro atoms. The Morgan fingerprint density at radius 3 is 2.12 bits per heavy atom. The Hall–Kier alpha value is -4.67. The summed E-state index contributed by atoms with van der Waals surface area (Å²) in [4.78, 5) is 13.1. The standard InChI is InChI=1S/C34H33N5O2/c1-2-41-33(40)32-28-20-21-30-29(31(28)37-38(32)23-13-12-22-35)24-39(36-30)34(25-14-6-3-7-15-25,26-16-8-4-9-17-26)27-18-10-5-11-19-27/h3-11,14-19,24,30,36H,2,12-13,20-21,23H2,1H3. The van der Waals surface area contributed by atoms with E-state index in [-0.39, 0.29) is 12.0 Å². The molecular weight excluding hydrogens is 510 g/mol. The highest BCUT2D eigenvalue weighted by molar-refractivity contribution is 5.92. The molecule has 0 fully saturated rings. The predicted octanol–water partition coefficient (Wildman–Crippen LogP) is 5.83. The summed E-state index contributed by atoms with van der Waals surface area (Å²) < 4.78 is 7.20. The summed E-state index contributed by atoms with van der Waals surface area (Å²) in [5.74, 6) is -0.354. The molecule has 1 N–H and O–H groups in total. The van der Waals surface area contributed by atoms with Crippen molar-refractivity contribution < 1.29 is 9.53 Å². The van der Waals surface area contributed by atoms with Gasteiger partial charge in [0.15, 0.2) is 0 Å². The number of rotatable bonds is 9. The molecule has 0 saturated heterocycles. The number of carbonyl (C=O) groups is 1. The average molecular weight is 544 g/mol. The smallest absolute Gasteiger partial charge is 0.356 e. The highest BCUT2D eigenvalue weighted by Gasteiger charge is 2.46. The average Bonchev–Trinajstić information content (AvgIpc) is 3.61. The van der Waals surface area contributed by atoms with Gasteiger partial charge in [-0.25, -0.2) is 10.2 Å². The molecule has 3 aromatic carbocycles. The van der Waals surface area contributed by atoms with Crippen LogP contribution in [0, 0.1) is 11.3 Å². The fourth-order valence-electron chi connectivity index (χ4n) is 6.25. The number of aryl methyl sites for hydroxylation is 1. The lowest BCUT2D eigenvalue weighted by atomic mass is 9.76. The summed E-state index contributed by atoms with van der Waals surface area (Å²) >= 11 is 0. The van der Waals surface area contributed by atoms with E-state index >= 15 is 0 Å². The molecule has 206 valence electrons. The van der Waals surface area contributed by atoms with Gasteiger partial charge in [-0.2, -0.15) is 10.4 Å². The maximum absolute atomic E-state index is 13.1. The van der Waals surface area contributed by atoms with Crippen LogP contribution in [-0.2, 0) is 23.2 Å². The third-order valence-electron chi connectivity index (χ3n) is 8.01. The molecule has 0 radical (unpaired) electrons. The summed E-state index contributed by atoms with van der Waals surface area (Å²) in [6.07, 6.45) is 4.73. The molecule has 7 nitrogen and oxygen atoms in total. The molecule has 41 heavy (non-hydrogen) atoms. The van der Waals surface area contributed by atoms with E-state index in [0.717, 1.165) is 39.9 Å². The van der Waals surface area contributed by atoms with Gasteiger partial charge in [0, 0.05) is 30.3 Å². The number of nitrogens with one attached hydrogen (secondary N) is 1. The van der Waals surface area contributed by atoms with Crippen molar-refractivity contribution in [1.82, 2.24) is 20.2 Å². The number of benzene rings is 3. The van der Waals surface area contributed by atoms with Crippen LogP contribution in [0.4, 0.5) is 0 Å². The Bertz CT molecular complexity index is 1490. The third kappa shape index (κ3) is 4.60. The van der Waals surface area contributed by atoms with Crippen LogP contribution in [0.3, 0.4) is 0 Å². The second kappa shape index (κ2) is 11.4. The van der Waals surface area contributed by atoms with Crippen LogP contribution in [0.25, 0.3) is 5.57 Å². The maximum atomic E-state index is 13.1. The molecule has 1 aromatic heterocycles. The van der Waals surface area contributed by atoms with E-state index < -0.39 is 5.54 Å². The molecule has 1 atom stereocenters. The number of hydrogen-bond acceptors (Lipinski definition) is 6. The van der Waals surface area contributed by atoms with Gasteiger partial charge in [-0.05, 0) is 42.9 Å². The number of ether oxygens (including phenoxy) is 1. The summed E-state index contributed by atoms with van der Waals surface area (Å²) in [7, 11) is 0. The molecule has 1 aliphatic heterocycles.